The second kappa shape index (κ2) is 6.23. The zero-order chi connectivity index (χ0) is 13.8. The summed E-state index contributed by atoms with van der Waals surface area (Å²) in [6.07, 6.45) is 3.79. The predicted molar refractivity (Wildman–Crippen MR) is 85.0 cm³/mol. The Kier molecular flexibility index (Phi) is 4.16. The molecule has 0 saturated carbocycles. The topological polar surface area (TPSA) is 28.2 Å². The summed E-state index contributed by atoms with van der Waals surface area (Å²) >= 11 is 0. The molecule has 0 unspecified atom stereocenters. The lowest BCUT2D eigenvalue weighted by Gasteiger charge is -2.18. The molecule has 1 fully saturated rings. The summed E-state index contributed by atoms with van der Waals surface area (Å²) in [7, 11) is 0. The number of benzene rings is 1. The van der Waals surface area contributed by atoms with Crippen molar-refractivity contribution in [2.45, 2.75) is 32.7 Å². The Labute approximate surface area is 121 Å². The summed E-state index contributed by atoms with van der Waals surface area (Å²) in [5.74, 6) is 1.07. The molecule has 20 heavy (non-hydrogen) atoms. The average molecular weight is 269 g/mol. The molecule has 3 nitrogen and oxygen atoms in total. The summed E-state index contributed by atoms with van der Waals surface area (Å²) in [6, 6.07) is 10.7. The number of hydrogen-bond acceptors (Lipinski definition) is 3. The lowest BCUT2D eigenvalue weighted by Crippen LogP contribution is -2.20. The van der Waals surface area contributed by atoms with Gasteiger partial charge in [0.05, 0.1) is 5.52 Å². The van der Waals surface area contributed by atoms with Gasteiger partial charge in [0.15, 0.2) is 0 Å². The van der Waals surface area contributed by atoms with E-state index in [-0.39, 0.29) is 0 Å². The molecule has 1 N–H and O–H groups in total. The van der Waals surface area contributed by atoms with E-state index < -0.39 is 0 Å². The number of aromatic nitrogens is 1. The number of nitrogens with one attached hydrogen (secondary N) is 1. The maximum atomic E-state index is 4.82. The zero-order valence-electron chi connectivity index (χ0n) is 12.2. The zero-order valence-corrected chi connectivity index (χ0v) is 12.2. The van der Waals surface area contributed by atoms with Crippen LogP contribution in [-0.4, -0.2) is 29.5 Å². The van der Waals surface area contributed by atoms with E-state index in [9.17, 15) is 0 Å². The fourth-order valence-corrected chi connectivity index (χ4v) is 2.86. The number of hydrogen-bond donors (Lipinski definition) is 1. The van der Waals surface area contributed by atoms with Gasteiger partial charge in [0.25, 0.3) is 0 Å². The van der Waals surface area contributed by atoms with Gasteiger partial charge in [-0.15, -0.1) is 0 Å². The van der Waals surface area contributed by atoms with E-state index in [0.29, 0.717) is 0 Å². The maximum Gasteiger partial charge on any atom is 0.131 e. The number of para-hydroxylation sites is 1. The van der Waals surface area contributed by atoms with Gasteiger partial charge in [0.1, 0.15) is 5.82 Å². The fourth-order valence-electron chi connectivity index (χ4n) is 2.86. The van der Waals surface area contributed by atoms with Crippen molar-refractivity contribution in [2.24, 2.45) is 0 Å². The first-order valence-corrected chi connectivity index (χ1v) is 7.71. The second-order valence-corrected chi connectivity index (χ2v) is 5.60. The van der Waals surface area contributed by atoms with E-state index in [0.717, 1.165) is 30.8 Å². The van der Waals surface area contributed by atoms with Gasteiger partial charge in [0.2, 0.25) is 0 Å². The van der Waals surface area contributed by atoms with Crippen molar-refractivity contribution in [3.05, 3.63) is 35.9 Å². The normalized spacial score (nSPS) is 15.8. The lowest BCUT2D eigenvalue weighted by molar-refractivity contribution is 0.332. The molecule has 0 atom stereocenters. The first-order valence-electron chi connectivity index (χ1n) is 7.71. The van der Waals surface area contributed by atoms with Gasteiger partial charge in [0, 0.05) is 24.0 Å². The third kappa shape index (κ3) is 2.93. The van der Waals surface area contributed by atoms with Crippen LogP contribution in [0.4, 0.5) is 5.82 Å². The maximum absolute atomic E-state index is 4.82. The number of rotatable bonds is 5. The molecule has 0 aliphatic carbocycles. The molecule has 1 aliphatic heterocycles. The fraction of sp³-hybridized carbons (Fsp3) is 0.471. The smallest absolute Gasteiger partial charge is 0.131 e. The average Bonchev–Trinajstić information content (AvgIpc) is 2.98. The molecular weight excluding hydrogens is 246 g/mol. The first-order chi connectivity index (χ1) is 9.86. The van der Waals surface area contributed by atoms with Crippen LogP contribution in [0.25, 0.3) is 10.9 Å². The molecule has 1 saturated heterocycles. The van der Waals surface area contributed by atoms with Crippen molar-refractivity contribution < 1.29 is 0 Å². The minimum Gasteiger partial charge on any atom is -0.370 e. The molecule has 1 aromatic heterocycles. The van der Waals surface area contributed by atoms with Crippen LogP contribution in [0.5, 0.6) is 0 Å². The molecule has 1 aromatic carbocycles. The molecule has 3 rings (SSSR count). The molecule has 0 bridgehead atoms. The monoisotopic (exact) mass is 269 g/mol. The summed E-state index contributed by atoms with van der Waals surface area (Å²) in [5, 5.41) is 4.73. The third-order valence-electron chi connectivity index (χ3n) is 3.94. The quantitative estimate of drug-likeness (QED) is 0.898. The van der Waals surface area contributed by atoms with Crippen molar-refractivity contribution in [3.63, 3.8) is 0 Å². The Bertz CT molecular complexity index is 573. The van der Waals surface area contributed by atoms with Crippen LogP contribution in [0.2, 0.25) is 0 Å². The van der Waals surface area contributed by atoms with Gasteiger partial charge in [-0.3, -0.25) is 4.90 Å². The molecule has 106 valence electrons. The van der Waals surface area contributed by atoms with Crippen LogP contribution in [0.3, 0.4) is 0 Å². The summed E-state index contributed by atoms with van der Waals surface area (Å²) < 4.78 is 0. The van der Waals surface area contributed by atoms with Crippen molar-refractivity contribution in [1.82, 2.24) is 9.88 Å². The van der Waals surface area contributed by atoms with Gasteiger partial charge < -0.3 is 5.32 Å². The van der Waals surface area contributed by atoms with Gasteiger partial charge in [-0.05, 0) is 44.5 Å². The number of fused-ring (bicyclic) bond motifs is 1. The molecule has 3 heteroatoms. The van der Waals surface area contributed by atoms with Crippen LogP contribution in [-0.2, 0) is 6.54 Å². The Balaban J connectivity index is 1.92. The molecule has 2 aromatic rings. The predicted octanol–water partition coefficient (Wildman–Crippen LogP) is 3.65. The number of nitrogens with zero attached hydrogens (tertiary/aromatic N) is 2. The van der Waals surface area contributed by atoms with Gasteiger partial charge >= 0.3 is 0 Å². The molecule has 0 amide bonds. The standard InChI is InChI=1S/C17H23N3/c1-2-9-18-17-15(13-20-10-5-6-11-20)12-14-7-3-4-8-16(14)19-17/h3-4,7-8,12H,2,5-6,9-11,13H2,1H3,(H,18,19). The summed E-state index contributed by atoms with van der Waals surface area (Å²) in [4.78, 5) is 7.35. The van der Waals surface area contributed by atoms with Crippen LogP contribution in [0.1, 0.15) is 31.7 Å². The van der Waals surface area contributed by atoms with E-state index in [1.54, 1.807) is 0 Å². The van der Waals surface area contributed by atoms with E-state index in [1.165, 1.54) is 36.9 Å². The highest BCUT2D eigenvalue weighted by Gasteiger charge is 2.15. The lowest BCUT2D eigenvalue weighted by atomic mass is 10.1. The Hall–Kier alpha value is -1.61. The van der Waals surface area contributed by atoms with Crippen LogP contribution in [0, 0.1) is 0 Å². The Morgan fingerprint density at radius 3 is 2.80 bits per heavy atom. The van der Waals surface area contributed by atoms with Gasteiger partial charge in [-0.1, -0.05) is 25.1 Å². The minimum atomic E-state index is 0.984. The minimum absolute atomic E-state index is 0.984. The van der Waals surface area contributed by atoms with E-state index in [1.807, 2.05) is 0 Å². The van der Waals surface area contributed by atoms with Crippen molar-refractivity contribution >= 4 is 16.7 Å². The number of anilines is 1. The highest BCUT2D eigenvalue weighted by atomic mass is 15.1. The Morgan fingerprint density at radius 1 is 1.20 bits per heavy atom. The van der Waals surface area contributed by atoms with Crippen molar-refractivity contribution in [2.75, 3.05) is 25.0 Å². The highest BCUT2D eigenvalue weighted by molar-refractivity contribution is 5.81. The Morgan fingerprint density at radius 2 is 2.00 bits per heavy atom. The summed E-state index contributed by atoms with van der Waals surface area (Å²) in [6.45, 7) is 6.64. The molecule has 1 aliphatic rings. The molecule has 0 spiro atoms. The van der Waals surface area contributed by atoms with E-state index >= 15 is 0 Å². The molecule has 0 radical (unpaired) electrons. The second-order valence-electron chi connectivity index (χ2n) is 5.60. The van der Waals surface area contributed by atoms with Crippen molar-refractivity contribution in [1.29, 1.82) is 0 Å². The van der Waals surface area contributed by atoms with Crippen LogP contribution in [0.15, 0.2) is 30.3 Å². The van der Waals surface area contributed by atoms with Crippen LogP contribution >= 0.6 is 0 Å². The van der Waals surface area contributed by atoms with Crippen LogP contribution < -0.4 is 5.32 Å². The molecular formula is C17H23N3. The highest BCUT2D eigenvalue weighted by Crippen LogP contribution is 2.23. The van der Waals surface area contributed by atoms with E-state index in [2.05, 4.69) is 47.5 Å². The van der Waals surface area contributed by atoms with Gasteiger partial charge in [-0.2, -0.15) is 0 Å². The SMILES string of the molecule is CCCNc1nc2ccccc2cc1CN1CCCC1. The third-order valence-corrected chi connectivity index (χ3v) is 3.94. The number of pyridine rings is 1. The van der Waals surface area contributed by atoms with E-state index in [4.69, 9.17) is 4.98 Å². The number of likely N-dealkylation sites (tertiary alicyclic amines) is 1. The van der Waals surface area contributed by atoms with Crippen molar-refractivity contribution in [3.8, 4) is 0 Å². The van der Waals surface area contributed by atoms with Gasteiger partial charge in [-0.25, -0.2) is 4.98 Å². The summed E-state index contributed by atoms with van der Waals surface area (Å²) in [5.41, 5.74) is 2.41. The molecule has 2 heterocycles. The first kappa shape index (κ1) is 13.4. The largest absolute Gasteiger partial charge is 0.370 e.